The third kappa shape index (κ3) is 3.88. The van der Waals surface area contributed by atoms with Crippen LogP contribution in [0.15, 0.2) is 42.7 Å². The van der Waals surface area contributed by atoms with Crippen LogP contribution in [0.1, 0.15) is 17.5 Å². The van der Waals surface area contributed by atoms with Gasteiger partial charge in [-0.1, -0.05) is 6.07 Å². The summed E-state index contributed by atoms with van der Waals surface area (Å²) in [7, 11) is 0. The lowest BCUT2D eigenvalue weighted by Crippen LogP contribution is -2.13. The van der Waals surface area contributed by atoms with E-state index in [2.05, 4.69) is 10.3 Å². The quantitative estimate of drug-likeness (QED) is 0.915. The molecule has 0 fully saturated rings. The third-order valence-electron chi connectivity index (χ3n) is 2.83. The molecule has 19 heavy (non-hydrogen) atoms. The normalized spacial score (nSPS) is 10.2. The summed E-state index contributed by atoms with van der Waals surface area (Å²) in [6.07, 6.45) is 4.46. The van der Waals surface area contributed by atoms with Crippen LogP contribution in [-0.4, -0.2) is 10.9 Å². The van der Waals surface area contributed by atoms with Gasteiger partial charge in [-0.25, -0.2) is 4.39 Å². The van der Waals surface area contributed by atoms with Crippen molar-refractivity contribution in [1.82, 2.24) is 4.98 Å². The Morgan fingerprint density at radius 2 is 2.21 bits per heavy atom. The average molecular weight is 258 g/mol. The van der Waals surface area contributed by atoms with Gasteiger partial charge in [-0.15, -0.1) is 0 Å². The molecule has 0 aliphatic carbocycles. The van der Waals surface area contributed by atoms with Crippen molar-refractivity contribution >= 4 is 11.6 Å². The minimum atomic E-state index is -0.300. The molecule has 1 heterocycles. The summed E-state index contributed by atoms with van der Waals surface area (Å²) in [5.74, 6) is -0.385. The van der Waals surface area contributed by atoms with Crippen molar-refractivity contribution in [3.8, 4) is 0 Å². The number of carbonyl (C=O) groups is 1. The van der Waals surface area contributed by atoms with Gasteiger partial charge < -0.3 is 5.32 Å². The topological polar surface area (TPSA) is 42.0 Å². The minimum Gasteiger partial charge on any atom is -0.326 e. The van der Waals surface area contributed by atoms with Gasteiger partial charge in [0.05, 0.1) is 0 Å². The Hall–Kier alpha value is -2.23. The van der Waals surface area contributed by atoms with Crippen molar-refractivity contribution in [2.24, 2.45) is 0 Å². The van der Waals surface area contributed by atoms with Crippen LogP contribution in [0.25, 0.3) is 0 Å². The summed E-state index contributed by atoms with van der Waals surface area (Å²) in [6.45, 7) is 1.76. The number of amides is 1. The molecule has 1 aromatic carbocycles. The van der Waals surface area contributed by atoms with Gasteiger partial charge in [-0.3, -0.25) is 9.78 Å². The lowest BCUT2D eigenvalue weighted by atomic mass is 10.1. The zero-order chi connectivity index (χ0) is 13.7. The average Bonchev–Trinajstić information content (AvgIpc) is 2.41. The summed E-state index contributed by atoms with van der Waals surface area (Å²) < 4.78 is 12.9. The number of hydrogen-bond donors (Lipinski definition) is 1. The highest BCUT2D eigenvalue weighted by atomic mass is 19.1. The Kier molecular flexibility index (Phi) is 4.23. The van der Waals surface area contributed by atoms with E-state index in [9.17, 15) is 9.18 Å². The van der Waals surface area contributed by atoms with Crippen LogP contribution in [0, 0.1) is 12.7 Å². The molecule has 0 atom stereocenters. The molecule has 1 amide bonds. The summed E-state index contributed by atoms with van der Waals surface area (Å²) in [5, 5.41) is 2.78. The second-order valence-electron chi connectivity index (χ2n) is 4.37. The van der Waals surface area contributed by atoms with E-state index in [4.69, 9.17) is 0 Å². The molecule has 2 rings (SSSR count). The van der Waals surface area contributed by atoms with Gasteiger partial charge in [-0.2, -0.15) is 0 Å². The second-order valence-corrected chi connectivity index (χ2v) is 4.37. The van der Waals surface area contributed by atoms with Gasteiger partial charge >= 0.3 is 0 Å². The van der Waals surface area contributed by atoms with E-state index in [1.54, 1.807) is 25.4 Å². The van der Waals surface area contributed by atoms with Crippen molar-refractivity contribution in [2.75, 3.05) is 5.32 Å². The highest BCUT2D eigenvalue weighted by molar-refractivity contribution is 5.91. The Morgan fingerprint density at radius 1 is 1.37 bits per heavy atom. The smallest absolute Gasteiger partial charge is 0.224 e. The molecular formula is C15H15FN2O. The summed E-state index contributed by atoms with van der Waals surface area (Å²) >= 11 is 0. The first kappa shape index (κ1) is 13.2. The molecule has 0 spiro atoms. The van der Waals surface area contributed by atoms with Crippen molar-refractivity contribution in [3.63, 3.8) is 0 Å². The summed E-state index contributed by atoms with van der Waals surface area (Å²) in [5.41, 5.74) is 2.39. The fraction of sp³-hybridized carbons (Fsp3) is 0.200. The maximum atomic E-state index is 12.9. The van der Waals surface area contributed by atoms with Gasteiger partial charge in [0, 0.05) is 24.5 Å². The number of aryl methyl sites for hydroxylation is 2. The molecule has 0 bridgehead atoms. The predicted molar refractivity (Wildman–Crippen MR) is 72.3 cm³/mol. The van der Waals surface area contributed by atoms with Crippen molar-refractivity contribution in [2.45, 2.75) is 19.8 Å². The van der Waals surface area contributed by atoms with Crippen LogP contribution in [0.5, 0.6) is 0 Å². The lowest BCUT2D eigenvalue weighted by molar-refractivity contribution is -0.116. The highest BCUT2D eigenvalue weighted by Crippen LogP contribution is 2.16. The third-order valence-corrected chi connectivity index (χ3v) is 2.83. The molecule has 3 nitrogen and oxygen atoms in total. The van der Waals surface area contributed by atoms with E-state index in [1.165, 1.54) is 12.1 Å². The molecular weight excluding hydrogens is 243 g/mol. The Balaban J connectivity index is 1.91. The number of benzene rings is 1. The molecule has 0 unspecified atom stereocenters. The first-order chi connectivity index (χ1) is 9.15. The summed E-state index contributed by atoms with van der Waals surface area (Å²) in [4.78, 5) is 15.8. The molecule has 98 valence electrons. The first-order valence-electron chi connectivity index (χ1n) is 6.10. The van der Waals surface area contributed by atoms with Crippen LogP contribution in [-0.2, 0) is 11.2 Å². The molecule has 0 saturated heterocycles. The van der Waals surface area contributed by atoms with E-state index >= 15 is 0 Å². The number of nitrogens with one attached hydrogen (secondary N) is 1. The fourth-order valence-corrected chi connectivity index (χ4v) is 1.78. The monoisotopic (exact) mass is 258 g/mol. The molecule has 0 radical (unpaired) electrons. The van der Waals surface area contributed by atoms with Crippen LogP contribution in [0.3, 0.4) is 0 Å². The van der Waals surface area contributed by atoms with Crippen molar-refractivity contribution in [1.29, 1.82) is 0 Å². The van der Waals surface area contributed by atoms with Crippen LogP contribution < -0.4 is 5.32 Å². The molecule has 1 N–H and O–H groups in total. The standard InChI is InChI=1S/C15H15FN2O/c1-11-9-13(16)5-6-14(11)18-15(19)7-4-12-3-2-8-17-10-12/h2-3,5-6,8-10H,4,7H2,1H3,(H,18,19). The molecule has 0 aliphatic rings. The number of carbonyl (C=O) groups excluding carboxylic acids is 1. The fourth-order valence-electron chi connectivity index (χ4n) is 1.78. The number of nitrogens with zero attached hydrogens (tertiary/aromatic N) is 1. The van der Waals surface area contributed by atoms with Gasteiger partial charge in [0.2, 0.25) is 5.91 Å². The second kappa shape index (κ2) is 6.09. The largest absolute Gasteiger partial charge is 0.326 e. The van der Waals surface area contributed by atoms with Crippen molar-refractivity contribution in [3.05, 3.63) is 59.7 Å². The molecule has 0 saturated carbocycles. The number of hydrogen-bond acceptors (Lipinski definition) is 2. The van der Waals surface area contributed by atoms with E-state index < -0.39 is 0 Å². The van der Waals surface area contributed by atoms with Crippen LogP contribution >= 0.6 is 0 Å². The zero-order valence-electron chi connectivity index (χ0n) is 10.7. The maximum Gasteiger partial charge on any atom is 0.224 e. The molecule has 0 aliphatic heterocycles. The number of rotatable bonds is 4. The van der Waals surface area contributed by atoms with Gasteiger partial charge in [-0.05, 0) is 48.7 Å². The molecule has 2 aromatic rings. The molecule has 1 aromatic heterocycles. The number of halogens is 1. The van der Waals surface area contributed by atoms with E-state index in [0.29, 0.717) is 18.5 Å². The summed E-state index contributed by atoms with van der Waals surface area (Å²) in [6, 6.07) is 8.09. The van der Waals surface area contributed by atoms with Crippen LogP contribution in [0.4, 0.5) is 10.1 Å². The van der Waals surface area contributed by atoms with Crippen molar-refractivity contribution < 1.29 is 9.18 Å². The minimum absolute atomic E-state index is 0.0847. The molecule has 4 heteroatoms. The van der Waals surface area contributed by atoms with E-state index in [1.807, 2.05) is 12.1 Å². The first-order valence-corrected chi connectivity index (χ1v) is 6.10. The number of pyridine rings is 1. The van der Waals surface area contributed by atoms with E-state index in [-0.39, 0.29) is 11.7 Å². The van der Waals surface area contributed by atoms with Crippen LogP contribution in [0.2, 0.25) is 0 Å². The van der Waals surface area contributed by atoms with Gasteiger partial charge in [0.1, 0.15) is 5.82 Å². The Morgan fingerprint density at radius 3 is 2.89 bits per heavy atom. The predicted octanol–water partition coefficient (Wildman–Crippen LogP) is 3.10. The maximum absolute atomic E-state index is 12.9. The lowest BCUT2D eigenvalue weighted by Gasteiger charge is -2.08. The SMILES string of the molecule is Cc1cc(F)ccc1NC(=O)CCc1cccnc1. The number of aromatic nitrogens is 1. The zero-order valence-corrected chi connectivity index (χ0v) is 10.7. The van der Waals surface area contributed by atoms with E-state index in [0.717, 1.165) is 11.1 Å². The van der Waals surface area contributed by atoms with Gasteiger partial charge in [0.15, 0.2) is 0 Å². The Labute approximate surface area is 111 Å². The number of anilines is 1. The van der Waals surface area contributed by atoms with Gasteiger partial charge in [0.25, 0.3) is 0 Å². The highest BCUT2D eigenvalue weighted by Gasteiger charge is 2.06. The Bertz CT molecular complexity index is 570.